The summed E-state index contributed by atoms with van der Waals surface area (Å²) in [6.45, 7) is 2.45. The number of nitrogens with one attached hydrogen (secondary N) is 1. The Kier molecular flexibility index (Phi) is 43.2. The zero-order valence-electron chi connectivity index (χ0n) is 42.5. The zero-order valence-corrected chi connectivity index (χ0v) is 42.5. The Morgan fingerprint density at radius 1 is 0.464 bits per heavy atom. The normalized spacial score (nSPS) is 12.9. The molecule has 0 radical (unpaired) electrons. The summed E-state index contributed by atoms with van der Waals surface area (Å²) >= 11 is 0. The third-order valence-electron chi connectivity index (χ3n) is 11.8. The highest BCUT2D eigenvalue weighted by Crippen LogP contribution is 2.16. The molecule has 0 bridgehead atoms. The van der Waals surface area contributed by atoms with Crippen LogP contribution in [0.4, 0.5) is 0 Å². The van der Waals surface area contributed by atoms with E-state index >= 15 is 0 Å². The molecule has 0 saturated carbocycles. The number of esters is 3. The van der Waals surface area contributed by atoms with Crippen molar-refractivity contribution in [3.05, 3.63) is 24.3 Å². The highest BCUT2D eigenvalue weighted by atomic mass is 16.6. The van der Waals surface area contributed by atoms with Crippen LogP contribution in [0, 0.1) is 0 Å². The molecule has 69 heavy (non-hydrogen) atoms. The number of ether oxygens (including phenoxy) is 3. The van der Waals surface area contributed by atoms with Gasteiger partial charge in [0.25, 0.3) is 0 Å². The lowest BCUT2D eigenvalue weighted by atomic mass is 10.1. The van der Waals surface area contributed by atoms with Crippen molar-refractivity contribution >= 4 is 41.8 Å². The standard InChI is InChI=1S/C53H92N2O14/c1-3-5-7-9-11-13-15-17-19-21-23-25-27-29-31-36-49(62)67-43-45(68-50(63)37-32-30-28-26-24-22-20-18-16-14-12-10-8-6-4-2)52(69-51(64)39-38-46(56)57)54-40-34-33-35-44(53(65)66)55(41-47(58)59)42-48(60)61/h17-20,44-45,52,54H,3-16,21-43H2,1-2H3,(H,56,57)(H,58,59)(H,60,61)(H,65,66)/b19-17-,20-18-/t44-,45?,52?/m0/s1. The number of rotatable bonds is 50. The second-order valence-electron chi connectivity index (χ2n) is 18.2. The lowest BCUT2D eigenvalue weighted by Gasteiger charge is -2.28. The number of carboxylic acids is 4. The highest BCUT2D eigenvalue weighted by molar-refractivity contribution is 5.78. The molecule has 0 heterocycles. The minimum absolute atomic E-state index is 0.0478. The summed E-state index contributed by atoms with van der Waals surface area (Å²) in [5.41, 5.74) is 0. The fourth-order valence-electron chi connectivity index (χ4n) is 7.79. The number of unbranched alkanes of at least 4 members (excludes halogenated alkanes) is 23. The second-order valence-corrected chi connectivity index (χ2v) is 18.2. The van der Waals surface area contributed by atoms with Crippen molar-refractivity contribution in [2.24, 2.45) is 0 Å². The molecular weight excluding hydrogens is 889 g/mol. The van der Waals surface area contributed by atoms with Gasteiger partial charge in [-0.25, -0.2) is 0 Å². The van der Waals surface area contributed by atoms with Gasteiger partial charge in [0.1, 0.15) is 12.6 Å². The number of aliphatic carboxylic acids is 4. The Morgan fingerprint density at radius 2 is 0.884 bits per heavy atom. The second kappa shape index (κ2) is 46.1. The van der Waals surface area contributed by atoms with Crippen molar-refractivity contribution in [1.82, 2.24) is 10.2 Å². The van der Waals surface area contributed by atoms with Crippen LogP contribution in [0.1, 0.15) is 226 Å². The van der Waals surface area contributed by atoms with Crippen LogP contribution >= 0.6 is 0 Å². The molecule has 0 fully saturated rings. The van der Waals surface area contributed by atoms with Gasteiger partial charge in [-0.2, -0.15) is 0 Å². The monoisotopic (exact) mass is 981 g/mol. The Bertz CT molecular complexity index is 1420. The molecule has 3 atom stereocenters. The van der Waals surface area contributed by atoms with Gasteiger partial charge in [-0.15, -0.1) is 0 Å². The molecular formula is C53H92N2O14. The number of hydrogen-bond donors (Lipinski definition) is 5. The predicted octanol–water partition coefficient (Wildman–Crippen LogP) is 10.9. The minimum Gasteiger partial charge on any atom is -0.481 e. The summed E-state index contributed by atoms with van der Waals surface area (Å²) < 4.78 is 16.9. The fraction of sp³-hybridized carbons (Fsp3) is 0.792. The first-order valence-corrected chi connectivity index (χ1v) is 26.5. The predicted molar refractivity (Wildman–Crippen MR) is 267 cm³/mol. The Balaban J connectivity index is 5.44. The number of carbonyl (C=O) groups is 7. The van der Waals surface area contributed by atoms with Gasteiger partial charge in [-0.3, -0.25) is 43.8 Å². The molecule has 0 rings (SSSR count). The summed E-state index contributed by atoms with van der Waals surface area (Å²) in [6.07, 6.45) is 34.5. The van der Waals surface area contributed by atoms with E-state index in [1.807, 2.05) is 0 Å². The first-order valence-electron chi connectivity index (χ1n) is 26.5. The number of hydrogen-bond acceptors (Lipinski definition) is 12. The molecule has 0 amide bonds. The van der Waals surface area contributed by atoms with Gasteiger partial charge in [-0.1, -0.05) is 147 Å². The SMILES string of the molecule is CCCCCCCC/C=C\CCCCCCCC(=O)OCC(OC(=O)CCCCCCC/C=C\CCCCCCCC)C(NCCCC[C@@H](C(=O)O)N(CC(=O)O)CC(=O)O)OC(=O)CCC(=O)O. The lowest BCUT2D eigenvalue weighted by molar-refractivity contribution is -0.179. The number of nitrogens with zero attached hydrogens (tertiary/aromatic N) is 1. The third-order valence-corrected chi connectivity index (χ3v) is 11.8. The first kappa shape index (κ1) is 64.7. The Hall–Kier alpha value is -4.31. The molecule has 0 spiro atoms. The highest BCUT2D eigenvalue weighted by Gasteiger charge is 2.31. The average Bonchev–Trinajstić information content (AvgIpc) is 3.29. The molecule has 0 aliphatic rings. The van der Waals surface area contributed by atoms with E-state index in [1.165, 1.54) is 77.0 Å². The largest absolute Gasteiger partial charge is 0.481 e. The van der Waals surface area contributed by atoms with Crippen LogP contribution in [0.5, 0.6) is 0 Å². The van der Waals surface area contributed by atoms with Crippen LogP contribution in [-0.2, 0) is 47.8 Å². The maximum atomic E-state index is 13.2. The molecule has 0 aliphatic carbocycles. The molecule has 5 N–H and O–H groups in total. The molecule has 0 aromatic carbocycles. The van der Waals surface area contributed by atoms with Crippen LogP contribution in [0.2, 0.25) is 0 Å². The topological polar surface area (TPSA) is 243 Å². The average molecular weight is 981 g/mol. The molecule has 0 aromatic heterocycles. The fourth-order valence-corrected chi connectivity index (χ4v) is 7.79. The summed E-state index contributed by atoms with van der Waals surface area (Å²) in [5.74, 6) is -7.41. The van der Waals surface area contributed by atoms with Crippen molar-refractivity contribution in [3.63, 3.8) is 0 Å². The maximum Gasteiger partial charge on any atom is 0.320 e. The van der Waals surface area contributed by atoms with Gasteiger partial charge < -0.3 is 34.6 Å². The molecule has 16 nitrogen and oxygen atoms in total. The van der Waals surface area contributed by atoms with Crippen molar-refractivity contribution in [3.8, 4) is 0 Å². The van der Waals surface area contributed by atoms with E-state index in [2.05, 4.69) is 43.5 Å². The molecule has 0 aliphatic heterocycles. The van der Waals surface area contributed by atoms with E-state index in [0.717, 1.165) is 81.9 Å². The molecule has 398 valence electrons. The van der Waals surface area contributed by atoms with Gasteiger partial charge in [0, 0.05) is 12.8 Å². The van der Waals surface area contributed by atoms with E-state index in [1.54, 1.807) is 0 Å². The van der Waals surface area contributed by atoms with Crippen molar-refractivity contribution in [2.45, 2.75) is 244 Å². The smallest absolute Gasteiger partial charge is 0.320 e. The number of carboxylic acid groups (broad SMARTS) is 4. The summed E-state index contributed by atoms with van der Waals surface area (Å²) in [6, 6.07) is -1.41. The molecule has 2 unspecified atom stereocenters. The number of allylic oxidation sites excluding steroid dienone is 4. The van der Waals surface area contributed by atoms with Gasteiger partial charge >= 0.3 is 41.8 Å². The van der Waals surface area contributed by atoms with Crippen LogP contribution < -0.4 is 5.32 Å². The third kappa shape index (κ3) is 42.3. The van der Waals surface area contributed by atoms with Gasteiger partial charge in [-0.05, 0) is 83.6 Å². The molecule has 16 heteroatoms. The van der Waals surface area contributed by atoms with Gasteiger partial charge in [0.15, 0.2) is 12.3 Å². The van der Waals surface area contributed by atoms with E-state index < -0.39 is 92.7 Å². The first-order chi connectivity index (χ1) is 33.3. The van der Waals surface area contributed by atoms with Gasteiger partial charge in [0.2, 0.25) is 0 Å². The van der Waals surface area contributed by atoms with Crippen LogP contribution in [0.15, 0.2) is 24.3 Å². The van der Waals surface area contributed by atoms with Crippen molar-refractivity contribution in [1.29, 1.82) is 0 Å². The Morgan fingerprint density at radius 3 is 1.32 bits per heavy atom. The minimum atomic E-state index is -1.41. The maximum absolute atomic E-state index is 13.2. The molecule has 0 aromatic rings. The van der Waals surface area contributed by atoms with Gasteiger partial charge in [0.05, 0.1) is 25.9 Å². The van der Waals surface area contributed by atoms with Crippen molar-refractivity contribution < 1.29 is 68.2 Å². The van der Waals surface area contributed by atoms with Crippen molar-refractivity contribution in [2.75, 3.05) is 26.2 Å². The summed E-state index contributed by atoms with van der Waals surface area (Å²) in [5, 5.41) is 40.4. The summed E-state index contributed by atoms with van der Waals surface area (Å²) in [4.78, 5) is 85.8. The van der Waals surface area contributed by atoms with Crippen LogP contribution in [0.3, 0.4) is 0 Å². The molecule has 0 saturated heterocycles. The number of carbonyl (C=O) groups excluding carboxylic acids is 3. The lowest BCUT2D eigenvalue weighted by Crippen LogP contribution is -2.48. The Labute approximate surface area is 413 Å². The van der Waals surface area contributed by atoms with Crippen LogP contribution in [0.25, 0.3) is 0 Å². The van der Waals surface area contributed by atoms with E-state index in [0.29, 0.717) is 12.8 Å². The summed E-state index contributed by atoms with van der Waals surface area (Å²) in [7, 11) is 0. The quantitative estimate of drug-likeness (QED) is 0.0125. The van der Waals surface area contributed by atoms with Crippen LogP contribution in [-0.4, -0.2) is 112 Å². The van der Waals surface area contributed by atoms with E-state index in [9.17, 15) is 48.9 Å². The van der Waals surface area contributed by atoms with E-state index in [4.69, 9.17) is 19.3 Å². The van der Waals surface area contributed by atoms with E-state index in [-0.39, 0.29) is 38.6 Å². The zero-order chi connectivity index (χ0) is 51.2.